The molecule has 4 heteroatoms. The van der Waals surface area contributed by atoms with Gasteiger partial charge in [-0.1, -0.05) is 42.5 Å². The van der Waals surface area contributed by atoms with Gasteiger partial charge in [0.05, 0.1) is 12.6 Å². The van der Waals surface area contributed by atoms with Crippen LogP contribution in [0.3, 0.4) is 0 Å². The highest BCUT2D eigenvalue weighted by molar-refractivity contribution is 6.05. The van der Waals surface area contributed by atoms with Gasteiger partial charge in [0.25, 0.3) is 5.91 Å². The smallest absolute Gasteiger partial charge is 0.261 e. The van der Waals surface area contributed by atoms with Gasteiger partial charge in [0.2, 0.25) is 5.91 Å². The summed E-state index contributed by atoms with van der Waals surface area (Å²) in [5, 5.41) is 0. The number of nitrogens with zero attached hydrogens (tertiary/aromatic N) is 1. The lowest BCUT2D eigenvalue weighted by atomic mass is 10.1. The van der Waals surface area contributed by atoms with Crippen LogP contribution in [0, 0.1) is 0 Å². The van der Waals surface area contributed by atoms with Crippen molar-refractivity contribution in [3.05, 3.63) is 71.3 Å². The van der Waals surface area contributed by atoms with Gasteiger partial charge in [-0.25, -0.2) is 0 Å². The first kappa shape index (κ1) is 14.5. The minimum absolute atomic E-state index is 0.169. The maximum atomic E-state index is 12.8. The Morgan fingerprint density at radius 3 is 2.45 bits per heavy atom. The largest absolute Gasteiger partial charge is 0.322 e. The summed E-state index contributed by atoms with van der Waals surface area (Å²) in [5.74, 6) is -0.617. The predicted octanol–water partition coefficient (Wildman–Crippen LogP) is 2.30. The lowest BCUT2D eigenvalue weighted by molar-refractivity contribution is -0.129. The summed E-state index contributed by atoms with van der Waals surface area (Å²) in [6.07, 6.45) is 1.63. The minimum Gasteiger partial charge on any atom is -0.322 e. The van der Waals surface area contributed by atoms with Crippen LogP contribution >= 0.6 is 0 Å². The first-order chi connectivity index (χ1) is 10.7. The van der Waals surface area contributed by atoms with E-state index in [1.165, 1.54) is 10.5 Å². The maximum Gasteiger partial charge on any atom is 0.261 e. The average molecular weight is 294 g/mol. The third-order valence-electron chi connectivity index (χ3n) is 4.10. The molecule has 0 spiro atoms. The van der Waals surface area contributed by atoms with E-state index in [0.29, 0.717) is 5.56 Å². The van der Waals surface area contributed by atoms with Crippen molar-refractivity contribution in [3.63, 3.8) is 0 Å². The molecule has 1 unspecified atom stereocenters. The zero-order valence-corrected chi connectivity index (χ0v) is 12.2. The zero-order valence-electron chi connectivity index (χ0n) is 12.2. The van der Waals surface area contributed by atoms with Crippen molar-refractivity contribution in [2.75, 3.05) is 6.54 Å². The molecule has 0 fully saturated rings. The third kappa shape index (κ3) is 2.53. The molecule has 1 aliphatic carbocycles. The van der Waals surface area contributed by atoms with Crippen molar-refractivity contribution in [1.82, 2.24) is 4.90 Å². The van der Waals surface area contributed by atoms with Gasteiger partial charge >= 0.3 is 0 Å². The summed E-state index contributed by atoms with van der Waals surface area (Å²) in [5.41, 5.74) is 8.29. The highest BCUT2D eigenvalue weighted by Gasteiger charge is 2.34. The Morgan fingerprint density at radius 1 is 1.05 bits per heavy atom. The normalized spacial score (nSPS) is 16.1. The second-order valence-electron chi connectivity index (χ2n) is 5.39. The summed E-state index contributed by atoms with van der Waals surface area (Å²) < 4.78 is 0. The van der Waals surface area contributed by atoms with Crippen molar-refractivity contribution >= 4 is 11.8 Å². The van der Waals surface area contributed by atoms with Crippen LogP contribution in [0.2, 0.25) is 0 Å². The molecular weight excluding hydrogens is 276 g/mol. The Hall–Kier alpha value is -2.46. The number of hydrogen-bond donors (Lipinski definition) is 1. The monoisotopic (exact) mass is 294 g/mol. The van der Waals surface area contributed by atoms with Crippen LogP contribution in [0.25, 0.3) is 0 Å². The van der Waals surface area contributed by atoms with Crippen molar-refractivity contribution in [2.24, 2.45) is 5.73 Å². The van der Waals surface area contributed by atoms with Crippen LogP contribution in [0.1, 0.15) is 33.9 Å². The topological polar surface area (TPSA) is 63.4 Å². The van der Waals surface area contributed by atoms with E-state index >= 15 is 0 Å². The quantitative estimate of drug-likeness (QED) is 0.944. The highest BCUT2D eigenvalue weighted by Crippen LogP contribution is 2.36. The number of nitrogens with two attached hydrogens (primary N) is 1. The second kappa shape index (κ2) is 6.12. The predicted molar refractivity (Wildman–Crippen MR) is 84.2 cm³/mol. The molecule has 1 aliphatic rings. The van der Waals surface area contributed by atoms with Gasteiger partial charge in [0, 0.05) is 5.56 Å². The van der Waals surface area contributed by atoms with Crippen LogP contribution in [-0.2, 0) is 11.2 Å². The summed E-state index contributed by atoms with van der Waals surface area (Å²) >= 11 is 0. The Labute approximate surface area is 129 Å². The van der Waals surface area contributed by atoms with Crippen molar-refractivity contribution in [1.29, 1.82) is 0 Å². The molecule has 3 rings (SSSR count). The van der Waals surface area contributed by atoms with E-state index < -0.39 is 0 Å². The number of aryl methyl sites for hydroxylation is 1. The van der Waals surface area contributed by atoms with Crippen LogP contribution in [0.4, 0.5) is 0 Å². The number of benzene rings is 2. The number of hydrogen-bond acceptors (Lipinski definition) is 3. The van der Waals surface area contributed by atoms with Crippen LogP contribution in [0.5, 0.6) is 0 Å². The SMILES string of the molecule is NCC(=O)N(C(=O)c1ccccc1)C1CCc2ccccc21. The third-order valence-corrected chi connectivity index (χ3v) is 4.10. The first-order valence-electron chi connectivity index (χ1n) is 7.41. The van der Waals surface area contributed by atoms with Crippen molar-refractivity contribution in [3.8, 4) is 0 Å². The molecule has 0 saturated heterocycles. The van der Waals surface area contributed by atoms with E-state index in [4.69, 9.17) is 5.73 Å². The van der Waals surface area contributed by atoms with Crippen LogP contribution in [0.15, 0.2) is 54.6 Å². The molecule has 0 radical (unpaired) electrons. The lowest BCUT2D eigenvalue weighted by Gasteiger charge is -2.27. The van der Waals surface area contributed by atoms with Crippen LogP contribution < -0.4 is 5.73 Å². The Balaban J connectivity index is 1.99. The fraction of sp³-hybridized carbons (Fsp3) is 0.222. The number of fused-ring (bicyclic) bond motifs is 1. The molecule has 0 heterocycles. The molecule has 0 aromatic heterocycles. The van der Waals surface area contributed by atoms with E-state index in [9.17, 15) is 9.59 Å². The number of rotatable bonds is 3. The first-order valence-corrected chi connectivity index (χ1v) is 7.41. The molecule has 0 aliphatic heterocycles. The fourth-order valence-electron chi connectivity index (χ4n) is 3.05. The van der Waals surface area contributed by atoms with E-state index in [1.54, 1.807) is 24.3 Å². The molecule has 2 aromatic carbocycles. The number of carbonyl (C=O) groups is 2. The Morgan fingerprint density at radius 2 is 1.73 bits per heavy atom. The van der Waals surface area contributed by atoms with Gasteiger partial charge in [-0.2, -0.15) is 0 Å². The molecule has 2 aromatic rings. The molecule has 22 heavy (non-hydrogen) atoms. The Bertz CT molecular complexity index is 697. The Kier molecular flexibility index (Phi) is 4.02. The standard InChI is InChI=1S/C18H18N2O2/c19-12-17(21)20(18(22)14-7-2-1-3-8-14)16-11-10-13-6-4-5-9-15(13)16/h1-9,16H,10-12,19H2. The average Bonchev–Trinajstić information content (AvgIpc) is 2.99. The van der Waals surface area contributed by atoms with E-state index in [-0.39, 0.29) is 24.4 Å². The van der Waals surface area contributed by atoms with E-state index in [2.05, 4.69) is 0 Å². The van der Waals surface area contributed by atoms with Gasteiger partial charge in [0.1, 0.15) is 0 Å². The molecule has 0 bridgehead atoms. The summed E-state index contributed by atoms with van der Waals surface area (Å²) in [7, 11) is 0. The van der Waals surface area contributed by atoms with Crippen molar-refractivity contribution < 1.29 is 9.59 Å². The number of amides is 2. The van der Waals surface area contributed by atoms with Gasteiger partial charge < -0.3 is 5.73 Å². The lowest BCUT2D eigenvalue weighted by Crippen LogP contribution is -2.42. The molecular formula is C18H18N2O2. The van der Waals surface area contributed by atoms with E-state index in [0.717, 1.165) is 18.4 Å². The number of carbonyl (C=O) groups excluding carboxylic acids is 2. The fourth-order valence-corrected chi connectivity index (χ4v) is 3.05. The summed E-state index contributed by atoms with van der Waals surface area (Å²) in [6, 6.07) is 16.6. The van der Waals surface area contributed by atoms with Gasteiger partial charge in [-0.3, -0.25) is 14.5 Å². The van der Waals surface area contributed by atoms with Gasteiger partial charge in [0.15, 0.2) is 0 Å². The summed E-state index contributed by atoms with van der Waals surface area (Å²) in [4.78, 5) is 26.4. The zero-order chi connectivity index (χ0) is 15.5. The van der Waals surface area contributed by atoms with Gasteiger partial charge in [-0.15, -0.1) is 0 Å². The molecule has 2 N–H and O–H groups in total. The minimum atomic E-state index is -0.337. The molecule has 2 amide bonds. The highest BCUT2D eigenvalue weighted by atomic mass is 16.2. The number of imide groups is 1. The molecule has 1 atom stereocenters. The summed E-state index contributed by atoms with van der Waals surface area (Å²) in [6.45, 7) is -0.169. The molecule has 4 nitrogen and oxygen atoms in total. The maximum absolute atomic E-state index is 12.8. The molecule has 0 saturated carbocycles. The van der Waals surface area contributed by atoms with Crippen molar-refractivity contribution in [2.45, 2.75) is 18.9 Å². The van der Waals surface area contributed by atoms with Gasteiger partial charge in [-0.05, 0) is 36.1 Å². The molecule has 112 valence electrons. The van der Waals surface area contributed by atoms with Crippen LogP contribution in [-0.4, -0.2) is 23.3 Å². The second-order valence-corrected chi connectivity index (χ2v) is 5.39. The van der Waals surface area contributed by atoms with E-state index in [1.807, 2.05) is 30.3 Å².